The van der Waals surface area contributed by atoms with Crippen LogP contribution in [0.25, 0.3) is 6.08 Å². The highest BCUT2D eigenvalue weighted by Gasteiger charge is 2.41. The molecule has 0 aromatic heterocycles. The van der Waals surface area contributed by atoms with Gasteiger partial charge in [-0.05, 0) is 31.1 Å². The highest BCUT2D eigenvalue weighted by molar-refractivity contribution is 5.96. The minimum atomic E-state index is -1.05. The fraction of sp³-hybridized carbons (Fsp3) is 0.412. The first kappa shape index (κ1) is 17.1. The maximum absolute atomic E-state index is 13.5. The van der Waals surface area contributed by atoms with Crippen LogP contribution in [0, 0.1) is 11.6 Å². The van der Waals surface area contributed by atoms with Crippen LogP contribution in [0.5, 0.6) is 0 Å². The number of hydrogen-bond acceptors (Lipinski definition) is 3. The molecule has 23 heavy (non-hydrogen) atoms. The number of halogens is 2. The Labute approximate surface area is 133 Å². The van der Waals surface area contributed by atoms with Crippen molar-refractivity contribution >= 4 is 18.0 Å². The zero-order valence-electron chi connectivity index (χ0n) is 12.9. The highest BCUT2D eigenvalue weighted by atomic mass is 19.1. The molecule has 0 atom stereocenters. The number of carbonyl (C=O) groups is 2. The molecule has 1 fully saturated rings. The van der Waals surface area contributed by atoms with E-state index in [9.17, 15) is 18.4 Å². The number of rotatable bonds is 4. The van der Waals surface area contributed by atoms with Gasteiger partial charge in [0.05, 0.1) is 7.11 Å². The van der Waals surface area contributed by atoms with E-state index in [1.165, 1.54) is 13.2 Å². The molecule has 124 valence electrons. The van der Waals surface area contributed by atoms with Crippen molar-refractivity contribution in [1.29, 1.82) is 0 Å². The number of methoxy groups -OCH3 is 1. The van der Waals surface area contributed by atoms with Crippen molar-refractivity contribution in [3.8, 4) is 0 Å². The van der Waals surface area contributed by atoms with Gasteiger partial charge in [-0.2, -0.15) is 0 Å². The van der Waals surface area contributed by atoms with Gasteiger partial charge < -0.3 is 10.1 Å². The summed E-state index contributed by atoms with van der Waals surface area (Å²) in [6.45, 7) is 0. The molecule has 1 N–H and O–H groups in total. The summed E-state index contributed by atoms with van der Waals surface area (Å²) in [4.78, 5) is 24.1. The van der Waals surface area contributed by atoms with E-state index in [-0.39, 0.29) is 5.56 Å². The molecule has 1 aromatic carbocycles. The van der Waals surface area contributed by atoms with Crippen LogP contribution in [0.2, 0.25) is 0 Å². The lowest BCUT2D eigenvalue weighted by Crippen LogP contribution is -2.55. The summed E-state index contributed by atoms with van der Waals surface area (Å²) >= 11 is 0. The van der Waals surface area contributed by atoms with Crippen LogP contribution in [0.1, 0.15) is 37.7 Å². The first-order valence-corrected chi connectivity index (χ1v) is 7.51. The van der Waals surface area contributed by atoms with Gasteiger partial charge in [-0.1, -0.05) is 25.3 Å². The van der Waals surface area contributed by atoms with Gasteiger partial charge in [-0.3, -0.25) is 4.79 Å². The van der Waals surface area contributed by atoms with E-state index in [1.807, 2.05) is 0 Å². The van der Waals surface area contributed by atoms with E-state index in [2.05, 4.69) is 5.32 Å². The van der Waals surface area contributed by atoms with Crippen molar-refractivity contribution in [1.82, 2.24) is 5.32 Å². The number of benzene rings is 1. The second kappa shape index (κ2) is 7.35. The molecule has 0 heterocycles. The Bertz CT molecular complexity index is 602. The topological polar surface area (TPSA) is 55.4 Å². The molecule has 4 nitrogen and oxygen atoms in total. The molecule has 0 unspecified atom stereocenters. The number of amides is 1. The second-order valence-corrected chi connectivity index (χ2v) is 5.59. The van der Waals surface area contributed by atoms with Gasteiger partial charge >= 0.3 is 5.97 Å². The zero-order chi connectivity index (χ0) is 16.9. The predicted octanol–water partition coefficient (Wildman–Crippen LogP) is 2.97. The van der Waals surface area contributed by atoms with Crippen molar-refractivity contribution < 1.29 is 23.1 Å². The Hall–Kier alpha value is -2.24. The third-order valence-electron chi connectivity index (χ3n) is 4.05. The molecule has 1 saturated carbocycles. The van der Waals surface area contributed by atoms with Gasteiger partial charge in [0.1, 0.15) is 17.2 Å². The predicted molar refractivity (Wildman–Crippen MR) is 81.4 cm³/mol. The normalized spacial score (nSPS) is 17.0. The standard InChI is InChI=1S/C17H19F2NO3/c1-23-16(22)17(10-3-2-4-11-17)20-15(21)9-8-12-13(18)6-5-7-14(12)19/h5-9H,2-4,10-11H2,1H3,(H,20,21)/b9-8+. The lowest BCUT2D eigenvalue weighted by Gasteiger charge is -2.34. The van der Waals surface area contributed by atoms with Gasteiger partial charge in [0.15, 0.2) is 0 Å². The van der Waals surface area contributed by atoms with Crippen LogP contribution in [0.4, 0.5) is 8.78 Å². The van der Waals surface area contributed by atoms with Crippen LogP contribution in [0.3, 0.4) is 0 Å². The number of hydrogen-bond donors (Lipinski definition) is 1. The summed E-state index contributed by atoms with van der Waals surface area (Å²) in [6, 6.07) is 3.46. The van der Waals surface area contributed by atoms with Crippen LogP contribution in [0.15, 0.2) is 24.3 Å². The Balaban J connectivity index is 2.13. The average Bonchev–Trinajstić information content (AvgIpc) is 2.54. The third kappa shape index (κ3) is 3.94. The highest BCUT2D eigenvalue weighted by Crippen LogP contribution is 2.29. The summed E-state index contributed by atoms with van der Waals surface area (Å²) in [5, 5.41) is 2.65. The maximum atomic E-state index is 13.5. The molecule has 0 radical (unpaired) electrons. The van der Waals surface area contributed by atoms with E-state index in [1.54, 1.807) is 0 Å². The number of esters is 1. The van der Waals surface area contributed by atoms with E-state index >= 15 is 0 Å². The van der Waals surface area contributed by atoms with Crippen LogP contribution >= 0.6 is 0 Å². The molecule has 2 rings (SSSR count). The van der Waals surface area contributed by atoms with Crippen LogP contribution in [-0.2, 0) is 14.3 Å². The largest absolute Gasteiger partial charge is 0.467 e. The lowest BCUT2D eigenvalue weighted by molar-refractivity contribution is -0.152. The van der Waals surface area contributed by atoms with E-state index in [0.29, 0.717) is 12.8 Å². The lowest BCUT2D eigenvalue weighted by atomic mass is 9.81. The summed E-state index contributed by atoms with van der Waals surface area (Å²) in [5.41, 5.74) is -1.35. The minimum Gasteiger partial charge on any atom is -0.467 e. The third-order valence-corrected chi connectivity index (χ3v) is 4.05. The van der Waals surface area contributed by atoms with Crippen molar-refractivity contribution in [2.45, 2.75) is 37.6 Å². The average molecular weight is 323 g/mol. The molecule has 1 aromatic rings. The molecule has 0 spiro atoms. The zero-order valence-corrected chi connectivity index (χ0v) is 12.9. The van der Waals surface area contributed by atoms with E-state index < -0.39 is 29.0 Å². The molecule has 0 bridgehead atoms. The first-order valence-electron chi connectivity index (χ1n) is 7.51. The minimum absolute atomic E-state index is 0.293. The number of nitrogens with one attached hydrogen (secondary N) is 1. The van der Waals surface area contributed by atoms with E-state index in [4.69, 9.17) is 4.74 Å². The summed E-state index contributed by atoms with van der Waals surface area (Å²) in [6.07, 6.45) is 5.68. The fourth-order valence-corrected chi connectivity index (χ4v) is 2.84. The molecule has 1 aliphatic rings. The molecule has 1 amide bonds. The molecule has 0 saturated heterocycles. The Morgan fingerprint density at radius 3 is 2.35 bits per heavy atom. The molecular formula is C17H19F2NO3. The van der Waals surface area contributed by atoms with Gasteiger partial charge in [0, 0.05) is 11.6 Å². The molecule has 0 aliphatic heterocycles. The van der Waals surface area contributed by atoms with Gasteiger partial charge in [-0.15, -0.1) is 0 Å². The van der Waals surface area contributed by atoms with Crippen LogP contribution < -0.4 is 5.32 Å². The van der Waals surface area contributed by atoms with Crippen molar-refractivity contribution in [2.24, 2.45) is 0 Å². The van der Waals surface area contributed by atoms with E-state index in [0.717, 1.165) is 43.5 Å². The smallest absolute Gasteiger partial charge is 0.331 e. The van der Waals surface area contributed by atoms with Gasteiger partial charge in [0.25, 0.3) is 0 Å². The Morgan fingerprint density at radius 1 is 1.17 bits per heavy atom. The molecule has 1 aliphatic carbocycles. The first-order chi connectivity index (χ1) is 11.0. The van der Waals surface area contributed by atoms with Crippen molar-refractivity contribution in [2.75, 3.05) is 7.11 Å². The summed E-state index contributed by atoms with van der Waals surface area (Å²) in [7, 11) is 1.27. The van der Waals surface area contributed by atoms with Crippen molar-refractivity contribution in [3.63, 3.8) is 0 Å². The second-order valence-electron chi connectivity index (χ2n) is 5.59. The monoisotopic (exact) mass is 323 g/mol. The molecule has 6 heteroatoms. The quantitative estimate of drug-likeness (QED) is 0.684. The SMILES string of the molecule is COC(=O)C1(NC(=O)/C=C/c2c(F)cccc2F)CCCCC1. The van der Waals surface area contributed by atoms with Crippen molar-refractivity contribution in [3.05, 3.63) is 41.5 Å². The summed E-state index contributed by atoms with van der Waals surface area (Å²) in [5.74, 6) is -2.58. The Morgan fingerprint density at radius 2 is 1.78 bits per heavy atom. The number of ether oxygens (including phenoxy) is 1. The fourth-order valence-electron chi connectivity index (χ4n) is 2.84. The Kier molecular flexibility index (Phi) is 5.47. The number of carbonyl (C=O) groups excluding carboxylic acids is 2. The molecular weight excluding hydrogens is 304 g/mol. The van der Waals surface area contributed by atoms with Gasteiger partial charge in [-0.25, -0.2) is 13.6 Å². The van der Waals surface area contributed by atoms with Gasteiger partial charge in [0.2, 0.25) is 5.91 Å². The maximum Gasteiger partial charge on any atom is 0.331 e. The summed E-state index contributed by atoms with van der Waals surface area (Å²) < 4.78 is 31.8. The van der Waals surface area contributed by atoms with Crippen LogP contribution in [-0.4, -0.2) is 24.5 Å².